The van der Waals surface area contributed by atoms with E-state index >= 15 is 0 Å². The number of hydrogen-bond donors (Lipinski definition) is 1. The molecule has 0 saturated carbocycles. The van der Waals surface area contributed by atoms with Crippen LogP contribution in [-0.4, -0.2) is 9.55 Å². The van der Waals surface area contributed by atoms with E-state index in [2.05, 4.69) is 4.98 Å². The van der Waals surface area contributed by atoms with Crippen molar-refractivity contribution in [3.63, 3.8) is 0 Å². The second kappa shape index (κ2) is 4.77. The van der Waals surface area contributed by atoms with Gasteiger partial charge in [0.05, 0.1) is 6.54 Å². The first-order chi connectivity index (χ1) is 8.09. The molecule has 0 aliphatic carbocycles. The molecule has 0 atom stereocenters. The van der Waals surface area contributed by atoms with Gasteiger partial charge >= 0.3 is 5.69 Å². The summed E-state index contributed by atoms with van der Waals surface area (Å²) in [5.41, 5.74) is -0.337. The summed E-state index contributed by atoms with van der Waals surface area (Å²) in [5, 5.41) is -0.312. The number of rotatable bonds is 2. The van der Waals surface area contributed by atoms with Gasteiger partial charge in [0.25, 0.3) is 5.56 Å². The number of benzene rings is 1. The van der Waals surface area contributed by atoms with E-state index in [1.807, 2.05) is 30.3 Å². The van der Waals surface area contributed by atoms with Gasteiger partial charge in [-0.3, -0.25) is 14.3 Å². The third-order valence-electron chi connectivity index (χ3n) is 2.27. The van der Waals surface area contributed by atoms with Gasteiger partial charge in [-0.2, -0.15) is 0 Å². The molecule has 0 aliphatic heterocycles. The first-order valence-electron chi connectivity index (χ1n) is 4.81. The summed E-state index contributed by atoms with van der Waals surface area (Å²) >= 11 is 11.3. The van der Waals surface area contributed by atoms with Crippen molar-refractivity contribution in [1.29, 1.82) is 0 Å². The Morgan fingerprint density at radius 1 is 1.12 bits per heavy atom. The average molecular weight is 271 g/mol. The second-order valence-corrected chi connectivity index (χ2v) is 4.19. The number of halogens is 2. The highest BCUT2D eigenvalue weighted by Crippen LogP contribution is 2.11. The van der Waals surface area contributed by atoms with Crippen LogP contribution in [0.5, 0.6) is 0 Å². The minimum absolute atomic E-state index is 0.133. The molecule has 1 aromatic carbocycles. The molecule has 1 heterocycles. The van der Waals surface area contributed by atoms with Gasteiger partial charge in [-0.25, -0.2) is 4.79 Å². The molecule has 6 heteroatoms. The summed E-state index contributed by atoms with van der Waals surface area (Å²) in [4.78, 5) is 25.6. The Labute approximate surface area is 106 Å². The summed E-state index contributed by atoms with van der Waals surface area (Å²) in [7, 11) is 0. The van der Waals surface area contributed by atoms with E-state index in [0.717, 1.165) is 10.1 Å². The molecule has 1 aromatic heterocycles. The van der Waals surface area contributed by atoms with Crippen LogP contribution < -0.4 is 11.2 Å². The molecule has 0 spiro atoms. The Balaban J connectivity index is 2.51. The Kier molecular flexibility index (Phi) is 3.36. The third-order valence-corrected chi connectivity index (χ3v) is 3.00. The van der Waals surface area contributed by atoms with Crippen molar-refractivity contribution in [2.24, 2.45) is 0 Å². The van der Waals surface area contributed by atoms with Gasteiger partial charge in [0.2, 0.25) is 0 Å². The lowest BCUT2D eigenvalue weighted by Crippen LogP contribution is -2.35. The molecule has 0 bridgehead atoms. The van der Waals surface area contributed by atoms with E-state index in [0.29, 0.717) is 0 Å². The molecule has 0 saturated heterocycles. The quantitative estimate of drug-likeness (QED) is 0.848. The second-order valence-electron chi connectivity index (χ2n) is 3.44. The van der Waals surface area contributed by atoms with Gasteiger partial charge in [-0.1, -0.05) is 53.5 Å². The predicted octanol–water partition coefficient (Wildman–Crippen LogP) is 1.89. The van der Waals surface area contributed by atoms with Crippen LogP contribution in [0.1, 0.15) is 5.56 Å². The Hall–Kier alpha value is -1.52. The molecule has 0 amide bonds. The average Bonchev–Trinajstić information content (AvgIpc) is 2.33. The molecular weight excluding hydrogens is 263 g/mol. The molecule has 0 aliphatic rings. The Bertz CT molecular complexity index is 647. The lowest BCUT2D eigenvalue weighted by atomic mass is 10.2. The zero-order valence-corrected chi connectivity index (χ0v) is 10.1. The number of nitrogens with one attached hydrogen (secondary N) is 1. The lowest BCUT2D eigenvalue weighted by molar-refractivity contribution is 0.699. The Morgan fingerprint density at radius 3 is 2.41 bits per heavy atom. The zero-order chi connectivity index (χ0) is 12.4. The highest BCUT2D eigenvalue weighted by molar-refractivity contribution is 6.40. The maximum Gasteiger partial charge on any atom is 0.329 e. The highest BCUT2D eigenvalue weighted by atomic mass is 35.5. The van der Waals surface area contributed by atoms with Crippen molar-refractivity contribution in [3.8, 4) is 0 Å². The normalized spacial score (nSPS) is 10.5. The van der Waals surface area contributed by atoms with Gasteiger partial charge in [0, 0.05) is 0 Å². The smallest absolute Gasteiger partial charge is 0.296 e. The number of nitrogens with zero attached hydrogens (tertiary/aromatic N) is 1. The molecule has 88 valence electrons. The number of aromatic nitrogens is 2. The van der Waals surface area contributed by atoms with Gasteiger partial charge in [0.15, 0.2) is 0 Å². The molecular formula is C11H8Cl2N2O2. The van der Waals surface area contributed by atoms with E-state index < -0.39 is 11.2 Å². The third kappa shape index (κ3) is 2.43. The van der Waals surface area contributed by atoms with Crippen LogP contribution in [0.15, 0.2) is 39.9 Å². The van der Waals surface area contributed by atoms with E-state index in [1.54, 1.807) is 0 Å². The van der Waals surface area contributed by atoms with Crippen LogP contribution in [0, 0.1) is 0 Å². The lowest BCUT2D eigenvalue weighted by Gasteiger charge is -2.05. The SMILES string of the molecule is O=c1[nH]c(Cl)c(Cl)c(=O)n1Cc1ccccc1. The maximum atomic E-state index is 11.7. The van der Waals surface area contributed by atoms with Crippen LogP contribution in [0.4, 0.5) is 0 Å². The largest absolute Gasteiger partial charge is 0.329 e. The monoisotopic (exact) mass is 270 g/mol. The zero-order valence-electron chi connectivity index (χ0n) is 8.61. The van der Waals surface area contributed by atoms with E-state index in [-0.39, 0.29) is 16.7 Å². The molecule has 0 radical (unpaired) electrons. The molecule has 4 nitrogen and oxygen atoms in total. The fraction of sp³-hybridized carbons (Fsp3) is 0.0909. The predicted molar refractivity (Wildman–Crippen MR) is 66.9 cm³/mol. The van der Waals surface area contributed by atoms with E-state index in [4.69, 9.17) is 23.2 Å². The van der Waals surface area contributed by atoms with Crippen molar-refractivity contribution < 1.29 is 0 Å². The summed E-state index contributed by atoms with van der Waals surface area (Å²) in [6.45, 7) is 0.159. The van der Waals surface area contributed by atoms with Gasteiger partial charge < -0.3 is 0 Å². The molecule has 17 heavy (non-hydrogen) atoms. The summed E-state index contributed by atoms with van der Waals surface area (Å²) in [6, 6.07) is 9.13. The van der Waals surface area contributed by atoms with Crippen molar-refractivity contribution in [1.82, 2.24) is 9.55 Å². The molecule has 2 aromatic rings. The van der Waals surface area contributed by atoms with Crippen LogP contribution in [-0.2, 0) is 6.54 Å². The molecule has 0 fully saturated rings. The summed E-state index contributed by atoms with van der Waals surface area (Å²) < 4.78 is 1.00. The van der Waals surface area contributed by atoms with Crippen molar-refractivity contribution in [3.05, 3.63) is 66.9 Å². The Morgan fingerprint density at radius 2 is 1.76 bits per heavy atom. The number of H-pyrrole nitrogens is 1. The summed E-state index contributed by atoms with van der Waals surface area (Å²) in [6.07, 6.45) is 0. The van der Waals surface area contributed by atoms with Gasteiger partial charge in [-0.15, -0.1) is 0 Å². The number of aromatic amines is 1. The molecule has 1 N–H and O–H groups in total. The minimum atomic E-state index is -0.593. The topological polar surface area (TPSA) is 54.9 Å². The van der Waals surface area contributed by atoms with E-state index in [9.17, 15) is 9.59 Å². The van der Waals surface area contributed by atoms with Gasteiger partial charge in [-0.05, 0) is 5.56 Å². The summed E-state index contributed by atoms with van der Waals surface area (Å²) in [5.74, 6) is 0. The van der Waals surface area contributed by atoms with Crippen molar-refractivity contribution >= 4 is 23.2 Å². The first-order valence-corrected chi connectivity index (χ1v) is 5.57. The van der Waals surface area contributed by atoms with Crippen LogP contribution in [0.2, 0.25) is 10.2 Å². The van der Waals surface area contributed by atoms with Crippen LogP contribution in [0.25, 0.3) is 0 Å². The fourth-order valence-electron chi connectivity index (χ4n) is 1.43. The fourth-order valence-corrected chi connectivity index (χ4v) is 1.74. The highest BCUT2D eigenvalue weighted by Gasteiger charge is 2.10. The van der Waals surface area contributed by atoms with Crippen molar-refractivity contribution in [2.45, 2.75) is 6.54 Å². The molecule has 2 rings (SSSR count). The first kappa shape index (κ1) is 12.0. The van der Waals surface area contributed by atoms with E-state index in [1.165, 1.54) is 0 Å². The van der Waals surface area contributed by atoms with Crippen LogP contribution >= 0.6 is 23.2 Å². The van der Waals surface area contributed by atoms with Crippen molar-refractivity contribution in [2.75, 3.05) is 0 Å². The molecule has 0 unspecified atom stereocenters. The number of hydrogen-bond acceptors (Lipinski definition) is 2. The minimum Gasteiger partial charge on any atom is -0.296 e. The maximum absolute atomic E-state index is 11.7. The van der Waals surface area contributed by atoms with Gasteiger partial charge in [0.1, 0.15) is 10.2 Å². The van der Waals surface area contributed by atoms with Crippen LogP contribution in [0.3, 0.4) is 0 Å². The standard InChI is InChI=1S/C11H8Cl2N2O2/c12-8-9(13)14-11(17)15(10(8)16)6-7-4-2-1-3-5-7/h1-5H,6H2,(H,14,17).